The van der Waals surface area contributed by atoms with Crippen LogP contribution in [-0.2, 0) is 24.7 Å². The molecule has 2 rings (SSSR count). The van der Waals surface area contributed by atoms with Crippen LogP contribution in [0.5, 0.6) is 0 Å². The average molecular weight is 373 g/mol. The Morgan fingerprint density at radius 1 is 1.65 bits per heavy atom. The van der Waals surface area contributed by atoms with Crippen LogP contribution in [0.4, 0.5) is 5.13 Å². The van der Waals surface area contributed by atoms with E-state index >= 15 is 0 Å². The van der Waals surface area contributed by atoms with Crippen LogP contribution in [0.15, 0.2) is 10.5 Å². The topological polar surface area (TPSA) is 164 Å². The normalized spacial score (nSPS) is 18.0. The van der Waals surface area contributed by atoms with Crippen LogP contribution >= 0.6 is 11.3 Å². The maximum absolute atomic E-state index is 12.1. The van der Waals surface area contributed by atoms with Gasteiger partial charge in [0.15, 0.2) is 10.8 Å². The molecule has 0 radical (unpaired) electrons. The summed E-state index contributed by atoms with van der Waals surface area (Å²) in [5.74, 6) is -1.74. The SMILES string of the molecule is CON=C(C(=O)NC1CN(S(=O)(=O)O)C1=O)c1csc(N)n1.[NaH]. The van der Waals surface area contributed by atoms with E-state index in [-0.39, 0.29) is 56.9 Å². The van der Waals surface area contributed by atoms with Crippen LogP contribution in [-0.4, -0.2) is 89.0 Å². The van der Waals surface area contributed by atoms with Gasteiger partial charge in [0.05, 0.1) is 6.54 Å². The Bertz CT molecular complexity index is 747. The maximum atomic E-state index is 12.1. The number of nitrogen functional groups attached to an aromatic ring is 1. The summed E-state index contributed by atoms with van der Waals surface area (Å²) < 4.78 is 30.6. The van der Waals surface area contributed by atoms with Gasteiger partial charge >= 0.3 is 39.9 Å². The van der Waals surface area contributed by atoms with Gasteiger partial charge in [-0.1, -0.05) is 5.16 Å². The van der Waals surface area contributed by atoms with Crippen molar-refractivity contribution in [2.45, 2.75) is 6.04 Å². The molecule has 1 fully saturated rings. The second-order valence-electron chi connectivity index (χ2n) is 4.07. The zero-order valence-corrected chi connectivity index (χ0v) is 12.7. The number of hydrogen-bond donors (Lipinski definition) is 3. The molecular weight excluding hydrogens is 361 g/mol. The van der Waals surface area contributed by atoms with Crippen LogP contribution in [0.1, 0.15) is 5.69 Å². The Balaban J connectivity index is 0.00000264. The van der Waals surface area contributed by atoms with Gasteiger partial charge in [-0.3, -0.25) is 14.1 Å². The first kappa shape index (κ1) is 19.8. The van der Waals surface area contributed by atoms with Gasteiger partial charge in [-0.05, 0) is 0 Å². The van der Waals surface area contributed by atoms with Crippen LogP contribution in [0.2, 0.25) is 0 Å². The van der Waals surface area contributed by atoms with Crippen molar-refractivity contribution >= 4 is 73.9 Å². The number of carbonyl (C=O) groups is 2. The predicted molar refractivity (Wildman–Crippen MR) is 82.4 cm³/mol. The minimum absolute atomic E-state index is 0. The molecule has 4 N–H and O–H groups in total. The predicted octanol–water partition coefficient (Wildman–Crippen LogP) is -2.44. The molecule has 2 heterocycles. The van der Waals surface area contributed by atoms with E-state index in [1.807, 2.05) is 0 Å². The summed E-state index contributed by atoms with van der Waals surface area (Å²) in [6.45, 7) is -0.372. The van der Waals surface area contributed by atoms with E-state index in [9.17, 15) is 18.0 Å². The van der Waals surface area contributed by atoms with E-state index < -0.39 is 28.2 Å². The Hall–Kier alpha value is -1.25. The molecule has 14 heteroatoms. The summed E-state index contributed by atoms with van der Waals surface area (Å²) in [5, 5.41) is 7.46. The fourth-order valence-electron chi connectivity index (χ4n) is 1.63. The van der Waals surface area contributed by atoms with Crippen molar-refractivity contribution in [1.29, 1.82) is 0 Å². The van der Waals surface area contributed by atoms with E-state index in [0.29, 0.717) is 0 Å². The van der Waals surface area contributed by atoms with Crippen molar-refractivity contribution in [2.75, 3.05) is 19.4 Å². The van der Waals surface area contributed by atoms with Crippen molar-refractivity contribution < 1.29 is 27.4 Å². The summed E-state index contributed by atoms with van der Waals surface area (Å²) in [6.07, 6.45) is 0. The van der Waals surface area contributed by atoms with Crippen molar-refractivity contribution in [3.05, 3.63) is 11.1 Å². The Morgan fingerprint density at radius 2 is 2.30 bits per heavy atom. The third kappa shape index (κ3) is 4.39. The number of anilines is 1. The van der Waals surface area contributed by atoms with Crippen LogP contribution in [0.3, 0.4) is 0 Å². The number of nitrogens with one attached hydrogen (secondary N) is 1. The molecule has 2 amide bonds. The van der Waals surface area contributed by atoms with Crippen LogP contribution in [0.25, 0.3) is 0 Å². The summed E-state index contributed by atoms with van der Waals surface area (Å²) in [4.78, 5) is 32.0. The van der Waals surface area contributed by atoms with Gasteiger partial charge in [0.25, 0.3) is 11.8 Å². The molecule has 1 atom stereocenters. The van der Waals surface area contributed by atoms with E-state index in [0.717, 1.165) is 11.3 Å². The molecule has 1 saturated heterocycles. The zero-order chi connectivity index (χ0) is 16.5. The minimum atomic E-state index is -4.61. The quantitative estimate of drug-likeness (QED) is 0.168. The molecule has 0 bridgehead atoms. The molecule has 11 nitrogen and oxygen atoms in total. The number of carbonyl (C=O) groups excluding carboxylic acids is 2. The van der Waals surface area contributed by atoms with E-state index in [4.69, 9.17) is 10.3 Å². The number of aromatic nitrogens is 1. The third-order valence-electron chi connectivity index (χ3n) is 2.64. The third-order valence-corrected chi connectivity index (χ3v) is 4.20. The molecule has 0 aromatic carbocycles. The molecular formula is C9H12N5NaO6S2. The second-order valence-corrected chi connectivity index (χ2v) is 6.29. The standard InChI is InChI=1S/C9H11N5O6S2.Na.H/c1-20-13-6(5-3-21-9(10)12-5)7(15)11-4-2-14(8(4)16)22(17,18)19;;/h3-4H,2H2,1H3,(H2,10,12)(H,11,15)(H,17,18,19);;. The second kappa shape index (κ2) is 7.55. The Labute approximate surface area is 157 Å². The molecule has 0 aliphatic carbocycles. The summed E-state index contributed by atoms with van der Waals surface area (Å²) in [5.41, 5.74) is 5.40. The van der Waals surface area contributed by atoms with Crippen molar-refractivity contribution in [3.8, 4) is 0 Å². The molecule has 1 aliphatic rings. The molecule has 0 saturated carbocycles. The number of hydrogen-bond acceptors (Lipinski definition) is 9. The van der Waals surface area contributed by atoms with Crippen molar-refractivity contribution in [2.24, 2.45) is 5.16 Å². The molecule has 1 unspecified atom stereocenters. The van der Waals surface area contributed by atoms with Gasteiger partial charge in [0, 0.05) is 5.38 Å². The van der Waals surface area contributed by atoms with Crippen LogP contribution < -0.4 is 11.1 Å². The summed E-state index contributed by atoms with van der Waals surface area (Å²) in [6, 6.07) is -1.09. The van der Waals surface area contributed by atoms with Gasteiger partial charge < -0.3 is 15.9 Å². The van der Waals surface area contributed by atoms with Gasteiger partial charge in [-0.2, -0.15) is 8.42 Å². The van der Waals surface area contributed by atoms with Crippen LogP contribution in [0, 0.1) is 0 Å². The van der Waals surface area contributed by atoms with Crippen molar-refractivity contribution in [3.63, 3.8) is 0 Å². The summed E-state index contributed by atoms with van der Waals surface area (Å²) in [7, 11) is -3.39. The number of rotatable bonds is 5. The molecule has 1 aromatic rings. The summed E-state index contributed by atoms with van der Waals surface area (Å²) >= 11 is 1.08. The molecule has 1 aliphatic heterocycles. The Morgan fingerprint density at radius 3 is 2.74 bits per heavy atom. The monoisotopic (exact) mass is 373 g/mol. The van der Waals surface area contributed by atoms with Gasteiger partial charge in [0.1, 0.15) is 18.8 Å². The number of thiazole rings is 1. The van der Waals surface area contributed by atoms with Crippen molar-refractivity contribution in [1.82, 2.24) is 14.6 Å². The zero-order valence-electron chi connectivity index (χ0n) is 11.1. The van der Waals surface area contributed by atoms with E-state index in [1.165, 1.54) is 12.5 Å². The average Bonchev–Trinajstić information content (AvgIpc) is 2.84. The molecule has 23 heavy (non-hydrogen) atoms. The number of β-lactam (4-membered cyclic amide) rings is 1. The van der Waals surface area contributed by atoms with Gasteiger partial charge in [-0.15, -0.1) is 11.3 Å². The number of oxime groups is 1. The van der Waals surface area contributed by atoms with E-state index in [2.05, 4.69) is 20.3 Å². The van der Waals surface area contributed by atoms with Gasteiger partial charge in [0.2, 0.25) is 0 Å². The molecule has 1 aromatic heterocycles. The van der Waals surface area contributed by atoms with E-state index in [1.54, 1.807) is 0 Å². The first-order valence-electron chi connectivity index (χ1n) is 5.66. The first-order chi connectivity index (χ1) is 10.2. The fourth-order valence-corrected chi connectivity index (χ4v) is 2.87. The number of nitrogens with zero attached hydrogens (tertiary/aromatic N) is 3. The first-order valence-corrected chi connectivity index (χ1v) is 7.94. The number of nitrogens with two attached hydrogens (primary N) is 1. The Kier molecular flexibility index (Phi) is 6.49. The molecule has 0 spiro atoms. The molecule has 122 valence electrons. The van der Waals surface area contributed by atoms with Gasteiger partial charge in [-0.25, -0.2) is 9.29 Å². The fraction of sp³-hybridized carbons (Fsp3) is 0.333. The number of amides is 2.